The predicted molar refractivity (Wildman–Crippen MR) is 93.6 cm³/mol. The minimum absolute atomic E-state index is 0.0998. The molecule has 2 rings (SSSR count). The number of hydrogen-bond acceptors (Lipinski definition) is 3. The summed E-state index contributed by atoms with van der Waals surface area (Å²) in [4.78, 5) is 9.71. The molecule has 0 aliphatic heterocycles. The fraction of sp³-hybridized carbons (Fsp3) is 0.500. The number of imidazole rings is 1. The van der Waals surface area contributed by atoms with E-state index < -0.39 is 0 Å². The number of nitrogens with zero attached hydrogens (tertiary/aromatic N) is 3. The summed E-state index contributed by atoms with van der Waals surface area (Å²) in [5.74, 6) is 0.857. The van der Waals surface area contributed by atoms with Gasteiger partial charge in [-0.05, 0) is 17.9 Å². The highest BCUT2D eigenvalue weighted by molar-refractivity contribution is 7.10. The molecule has 22 heavy (non-hydrogen) atoms. The lowest BCUT2D eigenvalue weighted by molar-refractivity contribution is 0.517. The maximum Gasteiger partial charge on any atom is 0.191 e. The van der Waals surface area contributed by atoms with Gasteiger partial charge in [0.05, 0.1) is 6.33 Å². The minimum Gasteiger partial charge on any atom is -0.356 e. The Morgan fingerprint density at radius 3 is 2.91 bits per heavy atom. The SMILES string of the molecule is CN=C(NCCCn1ccnc1)NCC(C)(C)c1cccs1. The lowest BCUT2D eigenvalue weighted by Gasteiger charge is -2.25. The summed E-state index contributed by atoms with van der Waals surface area (Å²) in [5, 5.41) is 8.90. The van der Waals surface area contributed by atoms with Crippen LogP contribution < -0.4 is 10.6 Å². The molecule has 2 aromatic heterocycles. The molecular weight excluding hydrogens is 294 g/mol. The lowest BCUT2D eigenvalue weighted by atomic mass is 9.91. The maximum absolute atomic E-state index is 4.29. The van der Waals surface area contributed by atoms with Gasteiger partial charge in [-0.2, -0.15) is 0 Å². The van der Waals surface area contributed by atoms with Gasteiger partial charge in [-0.25, -0.2) is 4.98 Å². The predicted octanol–water partition coefficient (Wildman–Crippen LogP) is 2.48. The molecule has 0 fully saturated rings. The van der Waals surface area contributed by atoms with Crippen LogP contribution in [0.4, 0.5) is 0 Å². The van der Waals surface area contributed by atoms with Crippen molar-refractivity contribution in [2.24, 2.45) is 4.99 Å². The number of guanidine groups is 1. The highest BCUT2D eigenvalue weighted by atomic mass is 32.1. The van der Waals surface area contributed by atoms with Gasteiger partial charge < -0.3 is 15.2 Å². The highest BCUT2D eigenvalue weighted by Crippen LogP contribution is 2.26. The van der Waals surface area contributed by atoms with Gasteiger partial charge in [0.1, 0.15) is 0 Å². The fourth-order valence-corrected chi connectivity index (χ4v) is 3.02. The molecule has 0 aliphatic carbocycles. The highest BCUT2D eigenvalue weighted by Gasteiger charge is 2.21. The first kappa shape index (κ1) is 16.5. The van der Waals surface area contributed by atoms with Crippen molar-refractivity contribution in [1.29, 1.82) is 0 Å². The number of thiophene rings is 1. The molecule has 0 atom stereocenters. The summed E-state index contributed by atoms with van der Waals surface area (Å²) >= 11 is 1.80. The third kappa shape index (κ3) is 4.87. The van der Waals surface area contributed by atoms with Gasteiger partial charge in [0.15, 0.2) is 5.96 Å². The van der Waals surface area contributed by atoms with Crippen LogP contribution in [0, 0.1) is 0 Å². The number of nitrogens with one attached hydrogen (secondary N) is 2. The monoisotopic (exact) mass is 319 g/mol. The Hall–Kier alpha value is -1.82. The average molecular weight is 319 g/mol. The van der Waals surface area contributed by atoms with Gasteiger partial charge in [0, 0.05) is 49.4 Å². The van der Waals surface area contributed by atoms with E-state index in [-0.39, 0.29) is 5.41 Å². The Balaban J connectivity index is 1.71. The first-order chi connectivity index (χ1) is 10.6. The van der Waals surface area contributed by atoms with Crippen LogP contribution in [0.5, 0.6) is 0 Å². The van der Waals surface area contributed by atoms with Crippen LogP contribution in [0.3, 0.4) is 0 Å². The van der Waals surface area contributed by atoms with E-state index in [0.29, 0.717) is 0 Å². The van der Waals surface area contributed by atoms with Crippen molar-refractivity contribution in [3.8, 4) is 0 Å². The van der Waals surface area contributed by atoms with Crippen molar-refractivity contribution in [3.63, 3.8) is 0 Å². The first-order valence-electron chi connectivity index (χ1n) is 7.56. The molecule has 5 nitrogen and oxygen atoms in total. The molecule has 0 bridgehead atoms. The number of aliphatic imine (C=N–C) groups is 1. The van der Waals surface area contributed by atoms with Crippen LogP contribution in [0.1, 0.15) is 25.1 Å². The molecule has 0 aromatic carbocycles. The standard InChI is InChI=1S/C16H25N5S/c1-16(2,14-6-4-11-22-14)12-20-15(17-3)19-7-5-9-21-10-8-18-13-21/h4,6,8,10-11,13H,5,7,9,12H2,1-3H3,(H2,17,19,20). The van der Waals surface area contributed by atoms with Crippen LogP contribution in [-0.4, -0.2) is 35.6 Å². The van der Waals surface area contributed by atoms with Crippen LogP contribution >= 0.6 is 11.3 Å². The zero-order valence-corrected chi connectivity index (χ0v) is 14.4. The van der Waals surface area contributed by atoms with Gasteiger partial charge >= 0.3 is 0 Å². The molecule has 120 valence electrons. The molecule has 0 saturated heterocycles. The molecule has 0 radical (unpaired) electrons. The maximum atomic E-state index is 4.29. The summed E-state index contributed by atoms with van der Waals surface area (Å²) in [6, 6.07) is 4.29. The molecule has 0 spiro atoms. The lowest BCUT2D eigenvalue weighted by Crippen LogP contribution is -2.43. The van der Waals surface area contributed by atoms with Crippen molar-refractivity contribution in [2.45, 2.75) is 32.2 Å². The summed E-state index contributed by atoms with van der Waals surface area (Å²) in [7, 11) is 1.81. The first-order valence-corrected chi connectivity index (χ1v) is 8.44. The average Bonchev–Trinajstić information content (AvgIpc) is 3.20. The van der Waals surface area contributed by atoms with Crippen molar-refractivity contribution >= 4 is 17.3 Å². The van der Waals surface area contributed by atoms with Crippen molar-refractivity contribution in [1.82, 2.24) is 20.2 Å². The summed E-state index contributed by atoms with van der Waals surface area (Å²) in [6.07, 6.45) is 6.67. The minimum atomic E-state index is 0.0998. The largest absolute Gasteiger partial charge is 0.356 e. The zero-order valence-electron chi connectivity index (χ0n) is 13.5. The van der Waals surface area contributed by atoms with E-state index in [1.165, 1.54) is 4.88 Å². The Morgan fingerprint density at radius 2 is 2.27 bits per heavy atom. The van der Waals surface area contributed by atoms with Crippen LogP contribution in [-0.2, 0) is 12.0 Å². The third-order valence-corrected chi connectivity index (χ3v) is 4.79. The molecule has 2 aromatic rings. The van der Waals surface area contributed by atoms with Gasteiger partial charge in [-0.15, -0.1) is 11.3 Å². The van der Waals surface area contributed by atoms with Crippen molar-refractivity contribution in [3.05, 3.63) is 41.1 Å². The van der Waals surface area contributed by atoms with Crippen LogP contribution in [0.15, 0.2) is 41.2 Å². The molecule has 0 unspecified atom stereocenters. The van der Waals surface area contributed by atoms with Crippen molar-refractivity contribution < 1.29 is 0 Å². The van der Waals surface area contributed by atoms with E-state index in [4.69, 9.17) is 0 Å². The normalized spacial score (nSPS) is 12.4. The number of hydrogen-bond donors (Lipinski definition) is 2. The number of aromatic nitrogens is 2. The molecule has 2 heterocycles. The summed E-state index contributed by atoms with van der Waals surface area (Å²) < 4.78 is 2.08. The second kappa shape index (κ2) is 7.98. The Kier molecular flexibility index (Phi) is 6.00. The smallest absolute Gasteiger partial charge is 0.191 e. The van der Waals surface area contributed by atoms with E-state index in [1.807, 2.05) is 19.6 Å². The Morgan fingerprint density at radius 1 is 1.41 bits per heavy atom. The topological polar surface area (TPSA) is 54.2 Å². The Labute approximate surface area is 136 Å². The second-order valence-electron chi connectivity index (χ2n) is 5.87. The number of rotatable bonds is 7. The molecule has 0 amide bonds. The van der Waals surface area contributed by atoms with Gasteiger partial charge in [0.25, 0.3) is 0 Å². The van der Waals surface area contributed by atoms with Crippen LogP contribution in [0.25, 0.3) is 0 Å². The zero-order chi connectivity index (χ0) is 15.8. The third-order valence-electron chi connectivity index (χ3n) is 3.55. The van der Waals surface area contributed by atoms with Gasteiger partial charge in [0.2, 0.25) is 0 Å². The molecule has 0 saturated carbocycles. The fourth-order valence-electron chi connectivity index (χ4n) is 2.16. The van der Waals surface area contributed by atoms with E-state index in [1.54, 1.807) is 17.5 Å². The molecule has 2 N–H and O–H groups in total. The second-order valence-corrected chi connectivity index (χ2v) is 6.82. The van der Waals surface area contributed by atoms with Crippen molar-refractivity contribution in [2.75, 3.05) is 20.1 Å². The van der Waals surface area contributed by atoms with Crippen LogP contribution in [0.2, 0.25) is 0 Å². The number of aryl methyl sites for hydroxylation is 1. The van der Waals surface area contributed by atoms with E-state index in [0.717, 1.165) is 32.0 Å². The quantitative estimate of drug-likeness (QED) is 0.468. The van der Waals surface area contributed by atoms with Gasteiger partial charge in [-0.1, -0.05) is 19.9 Å². The van der Waals surface area contributed by atoms with Gasteiger partial charge in [-0.3, -0.25) is 4.99 Å². The Bertz CT molecular complexity index is 557. The summed E-state index contributed by atoms with van der Waals surface area (Å²) in [5.41, 5.74) is 0.0998. The summed E-state index contributed by atoms with van der Waals surface area (Å²) in [6.45, 7) is 7.20. The van der Waals surface area contributed by atoms with E-state index >= 15 is 0 Å². The molecular formula is C16H25N5S. The van der Waals surface area contributed by atoms with E-state index in [9.17, 15) is 0 Å². The van der Waals surface area contributed by atoms with E-state index in [2.05, 4.69) is 56.5 Å². The molecule has 6 heteroatoms. The molecule has 0 aliphatic rings.